The Balaban J connectivity index is 1.60. The lowest BCUT2D eigenvalue weighted by Crippen LogP contribution is -2.33. The molecular formula is C22H23N3O. The van der Waals surface area contributed by atoms with Gasteiger partial charge in [-0.05, 0) is 43.5 Å². The number of carbonyl (C=O) groups is 1. The second kappa shape index (κ2) is 7.48. The summed E-state index contributed by atoms with van der Waals surface area (Å²) in [6, 6.07) is 20.3. The third-order valence-corrected chi connectivity index (χ3v) is 4.83. The van der Waals surface area contributed by atoms with Gasteiger partial charge in [0, 0.05) is 35.7 Å². The van der Waals surface area contributed by atoms with Crippen LogP contribution in [0.1, 0.15) is 19.3 Å². The fraction of sp³-hybridized carbons (Fsp3) is 0.227. The van der Waals surface area contributed by atoms with Gasteiger partial charge < -0.3 is 15.5 Å². The number of nitrogens with zero attached hydrogens (tertiary/aromatic N) is 1. The van der Waals surface area contributed by atoms with Crippen LogP contribution in [-0.2, 0) is 4.79 Å². The molecule has 2 aromatic carbocycles. The minimum atomic E-state index is 0.0108. The molecule has 26 heavy (non-hydrogen) atoms. The summed E-state index contributed by atoms with van der Waals surface area (Å²) in [7, 11) is 0. The fourth-order valence-corrected chi connectivity index (χ4v) is 3.61. The van der Waals surface area contributed by atoms with E-state index >= 15 is 0 Å². The summed E-state index contributed by atoms with van der Waals surface area (Å²) in [5.41, 5.74) is 5.11. The zero-order chi connectivity index (χ0) is 17.8. The van der Waals surface area contributed by atoms with Crippen LogP contribution >= 0.6 is 0 Å². The molecule has 0 spiro atoms. The molecule has 1 aliphatic heterocycles. The van der Waals surface area contributed by atoms with Gasteiger partial charge in [-0.1, -0.05) is 42.5 Å². The van der Waals surface area contributed by atoms with E-state index < -0.39 is 0 Å². The van der Waals surface area contributed by atoms with Crippen molar-refractivity contribution in [2.75, 3.05) is 23.3 Å². The maximum Gasteiger partial charge on any atom is 0.272 e. The molecule has 4 nitrogen and oxygen atoms in total. The van der Waals surface area contributed by atoms with Crippen molar-refractivity contribution in [3.63, 3.8) is 0 Å². The summed E-state index contributed by atoms with van der Waals surface area (Å²) in [4.78, 5) is 14.9. The smallest absolute Gasteiger partial charge is 0.272 e. The minimum Gasteiger partial charge on any atom is -0.383 e. The number of rotatable bonds is 6. The molecule has 2 aromatic rings. The number of fused-ring (bicyclic) bond motifs is 1. The molecule has 0 atom stereocenters. The van der Waals surface area contributed by atoms with Crippen LogP contribution in [0.25, 0.3) is 0 Å². The SMILES string of the molecule is O=C1NC2=CCCCC2=C1N(CCNc1ccccc1)c1ccccc1. The second-order valence-electron chi connectivity index (χ2n) is 6.57. The molecule has 0 bridgehead atoms. The highest BCUT2D eigenvalue weighted by Crippen LogP contribution is 2.33. The predicted octanol–water partition coefficient (Wildman–Crippen LogP) is 4.06. The summed E-state index contributed by atoms with van der Waals surface area (Å²) in [6.07, 6.45) is 5.24. The van der Waals surface area contributed by atoms with Crippen LogP contribution < -0.4 is 15.5 Å². The van der Waals surface area contributed by atoms with E-state index in [-0.39, 0.29) is 5.91 Å². The highest BCUT2D eigenvalue weighted by atomic mass is 16.2. The molecule has 4 heteroatoms. The maximum absolute atomic E-state index is 12.7. The second-order valence-corrected chi connectivity index (χ2v) is 6.57. The Bertz CT molecular complexity index is 840. The molecule has 1 heterocycles. The Morgan fingerprint density at radius 1 is 1.00 bits per heavy atom. The van der Waals surface area contributed by atoms with E-state index in [2.05, 4.69) is 45.9 Å². The van der Waals surface area contributed by atoms with Crippen molar-refractivity contribution in [3.8, 4) is 0 Å². The van der Waals surface area contributed by atoms with Gasteiger partial charge in [0.05, 0.1) is 0 Å². The molecule has 0 unspecified atom stereocenters. The Labute approximate surface area is 154 Å². The lowest BCUT2D eigenvalue weighted by atomic mass is 9.98. The Morgan fingerprint density at radius 2 is 1.73 bits per heavy atom. The van der Waals surface area contributed by atoms with Crippen LogP contribution in [0.5, 0.6) is 0 Å². The molecule has 0 radical (unpaired) electrons. The molecule has 4 rings (SSSR count). The Morgan fingerprint density at radius 3 is 2.50 bits per heavy atom. The van der Waals surface area contributed by atoms with E-state index in [0.717, 1.165) is 60.7 Å². The summed E-state index contributed by atoms with van der Waals surface area (Å²) in [5.74, 6) is 0.0108. The van der Waals surface area contributed by atoms with Gasteiger partial charge in [-0.15, -0.1) is 0 Å². The van der Waals surface area contributed by atoms with Crippen LogP contribution in [0.2, 0.25) is 0 Å². The Kier molecular flexibility index (Phi) is 4.73. The largest absolute Gasteiger partial charge is 0.383 e. The van der Waals surface area contributed by atoms with Gasteiger partial charge in [-0.3, -0.25) is 4.79 Å². The van der Waals surface area contributed by atoms with Gasteiger partial charge in [0.1, 0.15) is 5.70 Å². The van der Waals surface area contributed by atoms with Crippen molar-refractivity contribution in [1.82, 2.24) is 5.32 Å². The summed E-state index contributed by atoms with van der Waals surface area (Å²) >= 11 is 0. The van der Waals surface area contributed by atoms with Crippen molar-refractivity contribution in [2.24, 2.45) is 0 Å². The quantitative estimate of drug-likeness (QED) is 0.830. The van der Waals surface area contributed by atoms with E-state index in [0.29, 0.717) is 0 Å². The number of hydrogen-bond donors (Lipinski definition) is 2. The molecule has 0 saturated heterocycles. The van der Waals surface area contributed by atoms with Gasteiger partial charge in [0.15, 0.2) is 0 Å². The van der Waals surface area contributed by atoms with Crippen molar-refractivity contribution in [3.05, 3.63) is 83.7 Å². The number of hydrogen-bond acceptors (Lipinski definition) is 3. The average molecular weight is 345 g/mol. The third kappa shape index (κ3) is 3.36. The number of allylic oxidation sites excluding steroid dienone is 2. The van der Waals surface area contributed by atoms with E-state index in [4.69, 9.17) is 0 Å². The van der Waals surface area contributed by atoms with Crippen LogP contribution in [0, 0.1) is 0 Å². The first-order chi connectivity index (χ1) is 12.8. The zero-order valence-electron chi connectivity index (χ0n) is 14.7. The molecule has 0 saturated carbocycles. The molecular weight excluding hydrogens is 322 g/mol. The van der Waals surface area contributed by atoms with E-state index in [9.17, 15) is 4.79 Å². The average Bonchev–Trinajstić information content (AvgIpc) is 3.02. The molecule has 2 aliphatic rings. The topological polar surface area (TPSA) is 44.4 Å². The molecule has 1 amide bonds. The van der Waals surface area contributed by atoms with Crippen LogP contribution in [-0.4, -0.2) is 19.0 Å². The summed E-state index contributed by atoms with van der Waals surface area (Å²) < 4.78 is 0. The Hall–Kier alpha value is -3.01. The van der Waals surface area contributed by atoms with Crippen LogP contribution in [0.15, 0.2) is 83.7 Å². The van der Waals surface area contributed by atoms with E-state index in [1.165, 1.54) is 0 Å². The lowest BCUT2D eigenvalue weighted by Gasteiger charge is -2.26. The number of anilines is 2. The van der Waals surface area contributed by atoms with Crippen LogP contribution in [0.3, 0.4) is 0 Å². The highest BCUT2D eigenvalue weighted by Gasteiger charge is 2.32. The maximum atomic E-state index is 12.7. The number of amides is 1. The highest BCUT2D eigenvalue weighted by molar-refractivity contribution is 6.03. The monoisotopic (exact) mass is 345 g/mol. The zero-order valence-corrected chi connectivity index (χ0v) is 14.7. The fourth-order valence-electron chi connectivity index (χ4n) is 3.61. The summed E-state index contributed by atoms with van der Waals surface area (Å²) in [5, 5.41) is 6.49. The van der Waals surface area contributed by atoms with Crippen LogP contribution in [0.4, 0.5) is 11.4 Å². The van der Waals surface area contributed by atoms with Crippen molar-refractivity contribution >= 4 is 17.3 Å². The van der Waals surface area contributed by atoms with Gasteiger partial charge >= 0.3 is 0 Å². The van der Waals surface area contributed by atoms with Crippen molar-refractivity contribution < 1.29 is 4.79 Å². The van der Waals surface area contributed by atoms with Gasteiger partial charge in [-0.25, -0.2) is 0 Å². The third-order valence-electron chi connectivity index (χ3n) is 4.83. The molecule has 132 valence electrons. The first kappa shape index (κ1) is 16.5. The lowest BCUT2D eigenvalue weighted by molar-refractivity contribution is -0.116. The molecule has 0 fully saturated rings. The minimum absolute atomic E-state index is 0.0108. The van der Waals surface area contributed by atoms with Gasteiger partial charge in [-0.2, -0.15) is 0 Å². The number of benzene rings is 2. The normalized spacial score (nSPS) is 16.0. The van der Waals surface area contributed by atoms with Gasteiger partial charge in [0.25, 0.3) is 5.91 Å². The number of nitrogens with one attached hydrogen (secondary N) is 2. The predicted molar refractivity (Wildman–Crippen MR) is 106 cm³/mol. The van der Waals surface area contributed by atoms with Crippen molar-refractivity contribution in [1.29, 1.82) is 0 Å². The number of carbonyl (C=O) groups excluding carboxylic acids is 1. The number of para-hydroxylation sites is 2. The molecule has 2 N–H and O–H groups in total. The first-order valence-electron chi connectivity index (χ1n) is 9.19. The van der Waals surface area contributed by atoms with E-state index in [1.807, 2.05) is 36.4 Å². The first-order valence-corrected chi connectivity index (χ1v) is 9.19. The standard InChI is InChI=1S/C22H23N3O/c26-22-21(19-13-7-8-14-20(19)24-22)25(18-11-5-2-6-12-18)16-15-23-17-9-3-1-4-10-17/h1-6,9-12,14,23H,7-8,13,15-16H2,(H,24,26). The van der Waals surface area contributed by atoms with E-state index in [1.54, 1.807) is 0 Å². The molecule has 0 aromatic heterocycles. The molecule has 1 aliphatic carbocycles. The summed E-state index contributed by atoms with van der Waals surface area (Å²) in [6.45, 7) is 1.47. The van der Waals surface area contributed by atoms with Gasteiger partial charge in [0.2, 0.25) is 0 Å². The van der Waals surface area contributed by atoms with Crippen molar-refractivity contribution in [2.45, 2.75) is 19.3 Å².